The number of halogens is 2. The standard InChI is InChI=1S/C28H34ClFN2O6/c1-4-27(34)32(18(2)33)11-12-38-25-10-7-20(13-26(25)37-3)17-31(16-19-5-6-19)24(15-28(35)36)21-8-9-22(29)23(30)14-21/h7-10,13-14,19,24H,4-6,11-12,15-17H2,1-3H3,(H,35,36). The Labute approximate surface area is 227 Å². The van der Waals surface area contributed by atoms with E-state index in [1.54, 1.807) is 19.1 Å². The number of rotatable bonds is 14. The zero-order valence-corrected chi connectivity index (χ0v) is 22.7. The Morgan fingerprint density at radius 2 is 1.89 bits per heavy atom. The number of ether oxygens (including phenoxy) is 2. The van der Waals surface area contributed by atoms with Gasteiger partial charge < -0.3 is 14.6 Å². The number of hydrogen-bond donors (Lipinski definition) is 1. The molecule has 1 aliphatic carbocycles. The SMILES string of the molecule is CCC(=O)N(CCOc1ccc(CN(CC2CC2)C(CC(=O)O)c2ccc(Cl)c(F)c2)cc1OC)C(C)=O. The highest BCUT2D eigenvalue weighted by Gasteiger charge is 2.31. The van der Waals surface area contributed by atoms with Crippen molar-refractivity contribution in [1.29, 1.82) is 0 Å². The maximum Gasteiger partial charge on any atom is 0.305 e. The molecule has 0 saturated heterocycles. The second kappa shape index (κ2) is 13.6. The van der Waals surface area contributed by atoms with E-state index in [9.17, 15) is 23.9 Å². The molecule has 38 heavy (non-hydrogen) atoms. The predicted molar refractivity (Wildman–Crippen MR) is 141 cm³/mol. The van der Waals surface area contributed by atoms with E-state index in [1.807, 2.05) is 12.1 Å². The molecule has 1 atom stereocenters. The van der Waals surface area contributed by atoms with Gasteiger partial charge in [0.1, 0.15) is 12.4 Å². The second-order valence-corrected chi connectivity index (χ2v) is 9.82. The van der Waals surface area contributed by atoms with Crippen molar-refractivity contribution in [2.75, 3.05) is 26.8 Å². The van der Waals surface area contributed by atoms with Crippen molar-refractivity contribution in [3.63, 3.8) is 0 Å². The summed E-state index contributed by atoms with van der Waals surface area (Å²) in [6.07, 6.45) is 2.17. The fourth-order valence-electron chi connectivity index (χ4n) is 4.34. The first-order valence-electron chi connectivity index (χ1n) is 12.6. The molecule has 206 valence electrons. The van der Waals surface area contributed by atoms with Crippen LogP contribution >= 0.6 is 11.6 Å². The van der Waals surface area contributed by atoms with Gasteiger partial charge in [-0.25, -0.2) is 4.39 Å². The number of nitrogens with zero attached hydrogens (tertiary/aromatic N) is 2. The molecule has 1 N–H and O–H groups in total. The molecule has 0 spiro atoms. The van der Waals surface area contributed by atoms with Gasteiger partial charge >= 0.3 is 5.97 Å². The number of imide groups is 1. The molecule has 1 unspecified atom stereocenters. The van der Waals surface area contributed by atoms with Gasteiger partial charge in [-0.1, -0.05) is 30.7 Å². The minimum Gasteiger partial charge on any atom is -0.493 e. The molecule has 2 amide bonds. The molecule has 1 fully saturated rings. The van der Waals surface area contributed by atoms with Gasteiger partial charge in [-0.05, 0) is 54.2 Å². The Kier molecular flexibility index (Phi) is 10.5. The Morgan fingerprint density at radius 3 is 2.47 bits per heavy atom. The summed E-state index contributed by atoms with van der Waals surface area (Å²) in [5, 5.41) is 9.62. The summed E-state index contributed by atoms with van der Waals surface area (Å²) in [6.45, 7) is 4.35. The summed E-state index contributed by atoms with van der Waals surface area (Å²) < 4.78 is 25.6. The average molecular weight is 549 g/mol. The first kappa shape index (κ1) is 29.4. The average Bonchev–Trinajstić information content (AvgIpc) is 3.70. The lowest BCUT2D eigenvalue weighted by molar-refractivity contribution is -0.144. The van der Waals surface area contributed by atoms with Crippen LogP contribution in [0.3, 0.4) is 0 Å². The Hall–Kier alpha value is -3.17. The monoisotopic (exact) mass is 548 g/mol. The van der Waals surface area contributed by atoms with Crippen molar-refractivity contribution in [2.24, 2.45) is 5.92 Å². The zero-order valence-electron chi connectivity index (χ0n) is 21.9. The number of carbonyl (C=O) groups is 3. The largest absolute Gasteiger partial charge is 0.493 e. The third-order valence-electron chi connectivity index (χ3n) is 6.50. The number of methoxy groups -OCH3 is 1. The summed E-state index contributed by atoms with van der Waals surface area (Å²) in [6, 6.07) is 9.30. The quantitative estimate of drug-likeness (QED) is 0.351. The molecule has 0 heterocycles. The van der Waals surface area contributed by atoms with E-state index in [1.165, 1.54) is 26.2 Å². The van der Waals surface area contributed by atoms with Gasteiger partial charge in [0.2, 0.25) is 11.8 Å². The van der Waals surface area contributed by atoms with Crippen LogP contribution in [-0.2, 0) is 20.9 Å². The fourth-order valence-corrected chi connectivity index (χ4v) is 4.45. The molecular formula is C28H34ClFN2O6. The summed E-state index contributed by atoms with van der Waals surface area (Å²) in [5.74, 6) is -0.781. The van der Waals surface area contributed by atoms with E-state index in [4.69, 9.17) is 21.1 Å². The van der Waals surface area contributed by atoms with Crippen molar-refractivity contribution in [1.82, 2.24) is 9.80 Å². The van der Waals surface area contributed by atoms with Gasteiger partial charge in [0.15, 0.2) is 11.5 Å². The Bertz CT molecular complexity index is 1160. The third kappa shape index (κ3) is 8.16. The van der Waals surface area contributed by atoms with E-state index in [2.05, 4.69) is 4.90 Å². The summed E-state index contributed by atoms with van der Waals surface area (Å²) >= 11 is 5.87. The van der Waals surface area contributed by atoms with Crippen LogP contribution < -0.4 is 9.47 Å². The van der Waals surface area contributed by atoms with E-state index in [0.29, 0.717) is 36.1 Å². The smallest absolute Gasteiger partial charge is 0.305 e. The Balaban J connectivity index is 1.79. The summed E-state index contributed by atoms with van der Waals surface area (Å²) in [4.78, 5) is 38.7. The molecule has 1 aliphatic rings. The maximum absolute atomic E-state index is 14.3. The molecule has 0 aromatic heterocycles. The molecule has 2 aromatic carbocycles. The third-order valence-corrected chi connectivity index (χ3v) is 6.80. The van der Waals surface area contributed by atoms with Crippen molar-refractivity contribution in [2.45, 2.75) is 52.1 Å². The van der Waals surface area contributed by atoms with Crippen LogP contribution in [0, 0.1) is 11.7 Å². The van der Waals surface area contributed by atoms with E-state index in [0.717, 1.165) is 23.3 Å². The van der Waals surface area contributed by atoms with Crippen LogP contribution in [0.15, 0.2) is 36.4 Å². The molecule has 3 rings (SSSR count). The van der Waals surface area contributed by atoms with Crippen LogP contribution in [0.2, 0.25) is 5.02 Å². The van der Waals surface area contributed by atoms with E-state index >= 15 is 0 Å². The van der Waals surface area contributed by atoms with Gasteiger partial charge in [0.05, 0.1) is 25.1 Å². The molecule has 8 nitrogen and oxygen atoms in total. The van der Waals surface area contributed by atoms with Gasteiger partial charge in [-0.15, -0.1) is 0 Å². The summed E-state index contributed by atoms with van der Waals surface area (Å²) in [5.41, 5.74) is 1.42. The van der Waals surface area contributed by atoms with E-state index in [-0.39, 0.29) is 42.8 Å². The highest BCUT2D eigenvalue weighted by Crippen LogP contribution is 2.37. The number of carbonyl (C=O) groups excluding carboxylic acids is 2. The maximum atomic E-state index is 14.3. The first-order valence-corrected chi connectivity index (χ1v) is 13.0. The van der Waals surface area contributed by atoms with Gasteiger partial charge in [-0.2, -0.15) is 0 Å². The first-order chi connectivity index (χ1) is 18.1. The van der Waals surface area contributed by atoms with Crippen LogP contribution in [0.4, 0.5) is 4.39 Å². The van der Waals surface area contributed by atoms with Crippen molar-refractivity contribution in [3.8, 4) is 11.5 Å². The lowest BCUT2D eigenvalue weighted by Gasteiger charge is -2.32. The number of amides is 2. The zero-order chi connectivity index (χ0) is 27.8. The minimum atomic E-state index is -0.978. The van der Waals surface area contributed by atoms with Crippen LogP contribution in [0.25, 0.3) is 0 Å². The number of benzene rings is 2. The van der Waals surface area contributed by atoms with Crippen LogP contribution in [0.5, 0.6) is 11.5 Å². The molecule has 2 aromatic rings. The normalized spacial score (nSPS) is 13.7. The lowest BCUT2D eigenvalue weighted by atomic mass is 10.00. The fraction of sp³-hybridized carbons (Fsp3) is 0.464. The van der Waals surface area contributed by atoms with Crippen LogP contribution in [0.1, 0.15) is 56.7 Å². The van der Waals surface area contributed by atoms with Crippen LogP contribution in [-0.4, -0.2) is 59.5 Å². The number of carboxylic acids is 1. The highest BCUT2D eigenvalue weighted by molar-refractivity contribution is 6.30. The second-order valence-electron chi connectivity index (χ2n) is 9.41. The number of aliphatic carboxylic acids is 1. The topological polar surface area (TPSA) is 96.4 Å². The Morgan fingerprint density at radius 1 is 1.16 bits per heavy atom. The number of carboxylic acid groups (broad SMARTS) is 1. The minimum absolute atomic E-state index is 0.0117. The molecule has 0 aliphatic heterocycles. The molecule has 1 saturated carbocycles. The van der Waals surface area contributed by atoms with Gasteiger partial charge in [0, 0.05) is 32.5 Å². The van der Waals surface area contributed by atoms with Crippen molar-refractivity contribution < 1.29 is 33.4 Å². The van der Waals surface area contributed by atoms with Gasteiger partial charge in [0.25, 0.3) is 0 Å². The molecule has 0 radical (unpaired) electrons. The lowest BCUT2D eigenvalue weighted by Crippen LogP contribution is -2.37. The van der Waals surface area contributed by atoms with Gasteiger partial charge in [-0.3, -0.25) is 24.2 Å². The van der Waals surface area contributed by atoms with Crippen molar-refractivity contribution >= 4 is 29.4 Å². The summed E-state index contributed by atoms with van der Waals surface area (Å²) in [7, 11) is 1.51. The molecular weight excluding hydrogens is 515 g/mol. The molecule has 10 heteroatoms. The predicted octanol–water partition coefficient (Wildman–Crippen LogP) is 5.08. The highest BCUT2D eigenvalue weighted by atomic mass is 35.5. The number of hydrogen-bond acceptors (Lipinski definition) is 6. The van der Waals surface area contributed by atoms with E-state index < -0.39 is 17.8 Å². The van der Waals surface area contributed by atoms with Crippen molar-refractivity contribution in [3.05, 3.63) is 58.4 Å². The molecule has 0 bridgehead atoms.